The van der Waals surface area contributed by atoms with Gasteiger partial charge in [0.25, 0.3) is 5.95 Å². The third-order valence-electron chi connectivity index (χ3n) is 3.06. The zero-order valence-electron chi connectivity index (χ0n) is 12.5. The van der Waals surface area contributed by atoms with E-state index in [0.717, 1.165) is 0 Å². The molecule has 1 aliphatic rings. The van der Waals surface area contributed by atoms with E-state index in [9.17, 15) is 4.79 Å². The maximum absolute atomic E-state index is 10.6. The molecule has 0 fully saturated rings. The summed E-state index contributed by atoms with van der Waals surface area (Å²) in [5, 5.41) is 9.48. The van der Waals surface area contributed by atoms with Crippen LogP contribution in [-0.2, 0) is 0 Å². The molecule has 0 aliphatic carbocycles. The topological polar surface area (TPSA) is 107 Å². The van der Waals surface area contributed by atoms with E-state index < -0.39 is 6.03 Å². The molecule has 1 aliphatic heterocycles. The average Bonchev–Trinajstić information content (AvgIpc) is 3.20. The van der Waals surface area contributed by atoms with Crippen LogP contribution in [0.5, 0.6) is 23.2 Å². The average molecular weight is 330 g/mol. The Morgan fingerprint density at radius 3 is 2.96 bits per heavy atom. The van der Waals surface area contributed by atoms with Gasteiger partial charge in [0.15, 0.2) is 17.3 Å². The number of ether oxygens (including phenoxy) is 3. The summed E-state index contributed by atoms with van der Waals surface area (Å²) in [6.07, 6.45) is 0.249. The van der Waals surface area contributed by atoms with Gasteiger partial charge in [-0.15, -0.1) is 0 Å². The number of fused-ring (bicyclic) bond motifs is 1. The van der Waals surface area contributed by atoms with Crippen molar-refractivity contribution >= 4 is 6.03 Å². The number of furan rings is 1. The van der Waals surface area contributed by atoms with E-state index in [1.54, 1.807) is 30.3 Å². The van der Waals surface area contributed by atoms with Crippen molar-refractivity contribution in [2.45, 2.75) is 6.42 Å². The summed E-state index contributed by atoms with van der Waals surface area (Å²) in [5.74, 6) is 8.01. The highest BCUT2D eigenvalue weighted by Gasteiger charge is 2.14. The molecule has 8 nitrogen and oxygen atoms in total. The highest BCUT2D eigenvalue weighted by atomic mass is 16.7. The van der Waals surface area contributed by atoms with Crippen LogP contribution < -0.4 is 19.9 Å². The number of rotatable bonds is 4. The van der Waals surface area contributed by atoms with E-state index in [-0.39, 0.29) is 25.7 Å². The minimum absolute atomic E-state index is 0.0175. The SMILES string of the molecule is NC(=O)N(O)CCC#Cc1ccc(Oc2ccc3c(c2)OCO3)o1. The maximum Gasteiger partial charge on any atom is 0.338 e. The van der Waals surface area contributed by atoms with Gasteiger partial charge in [-0.2, -0.15) is 0 Å². The van der Waals surface area contributed by atoms with Gasteiger partial charge in [0.05, 0.1) is 6.54 Å². The fourth-order valence-corrected chi connectivity index (χ4v) is 1.92. The molecule has 0 unspecified atom stereocenters. The second-order valence-electron chi connectivity index (χ2n) is 4.75. The molecule has 3 N–H and O–H groups in total. The Labute approximate surface area is 137 Å². The zero-order valence-corrected chi connectivity index (χ0v) is 12.5. The quantitative estimate of drug-likeness (QED) is 0.506. The van der Waals surface area contributed by atoms with Gasteiger partial charge in [0, 0.05) is 18.6 Å². The lowest BCUT2D eigenvalue weighted by molar-refractivity contribution is -0.0372. The van der Waals surface area contributed by atoms with Gasteiger partial charge in [-0.3, -0.25) is 5.21 Å². The van der Waals surface area contributed by atoms with Gasteiger partial charge in [-0.05, 0) is 24.1 Å². The number of hydroxylamine groups is 2. The summed E-state index contributed by atoms with van der Waals surface area (Å²) in [5.41, 5.74) is 4.88. The first-order valence-electron chi connectivity index (χ1n) is 7.04. The third-order valence-corrected chi connectivity index (χ3v) is 3.06. The smallest absolute Gasteiger partial charge is 0.338 e. The highest BCUT2D eigenvalue weighted by Crippen LogP contribution is 2.36. The predicted octanol–water partition coefficient (Wildman–Crippen LogP) is 2.31. The van der Waals surface area contributed by atoms with Crippen LogP contribution in [0.3, 0.4) is 0 Å². The molecule has 2 aromatic rings. The van der Waals surface area contributed by atoms with Crippen LogP contribution in [0.2, 0.25) is 0 Å². The Morgan fingerprint density at radius 1 is 1.29 bits per heavy atom. The number of carbonyl (C=O) groups is 1. The first kappa shape index (κ1) is 15.6. The number of primary amides is 1. The van der Waals surface area contributed by atoms with E-state index in [4.69, 9.17) is 29.6 Å². The van der Waals surface area contributed by atoms with Crippen molar-refractivity contribution in [2.24, 2.45) is 5.73 Å². The normalized spacial score (nSPS) is 11.5. The van der Waals surface area contributed by atoms with Crippen LogP contribution in [-0.4, -0.2) is 29.6 Å². The van der Waals surface area contributed by atoms with Gasteiger partial charge in [0.2, 0.25) is 6.79 Å². The molecule has 2 amide bonds. The van der Waals surface area contributed by atoms with E-state index in [2.05, 4.69) is 11.8 Å². The molecular formula is C16H14N2O6. The zero-order chi connectivity index (χ0) is 16.9. The number of nitrogens with two attached hydrogens (primary N) is 1. The Kier molecular flexibility index (Phi) is 4.45. The molecule has 0 bridgehead atoms. The fourth-order valence-electron chi connectivity index (χ4n) is 1.92. The van der Waals surface area contributed by atoms with Gasteiger partial charge in [0.1, 0.15) is 5.75 Å². The number of carbonyl (C=O) groups excluding carboxylic acids is 1. The maximum atomic E-state index is 10.6. The van der Waals surface area contributed by atoms with Crippen molar-refractivity contribution in [3.8, 4) is 35.0 Å². The summed E-state index contributed by atoms with van der Waals surface area (Å²) < 4.78 is 21.5. The highest BCUT2D eigenvalue weighted by molar-refractivity contribution is 5.70. The molecule has 8 heteroatoms. The molecule has 2 heterocycles. The second kappa shape index (κ2) is 6.85. The first-order valence-corrected chi connectivity index (χ1v) is 7.04. The Morgan fingerprint density at radius 2 is 2.12 bits per heavy atom. The lowest BCUT2D eigenvalue weighted by Crippen LogP contribution is -2.33. The summed E-state index contributed by atoms with van der Waals surface area (Å²) >= 11 is 0. The van der Waals surface area contributed by atoms with Crippen molar-refractivity contribution in [3.63, 3.8) is 0 Å². The third kappa shape index (κ3) is 3.71. The van der Waals surface area contributed by atoms with Crippen molar-refractivity contribution in [1.82, 2.24) is 5.06 Å². The second-order valence-corrected chi connectivity index (χ2v) is 4.75. The van der Waals surface area contributed by atoms with Crippen LogP contribution in [0.15, 0.2) is 34.7 Å². The monoisotopic (exact) mass is 330 g/mol. The molecule has 24 heavy (non-hydrogen) atoms. The molecule has 3 rings (SSSR count). The van der Waals surface area contributed by atoms with E-state index in [1.165, 1.54) is 0 Å². The molecule has 0 atom stereocenters. The van der Waals surface area contributed by atoms with Gasteiger partial charge in [-0.25, -0.2) is 9.86 Å². The number of nitrogens with zero attached hydrogens (tertiary/aromatic N) is 1. The minimum atomic E-state index is -0.922. The van der Waals surface area contributed by atoms with Crippen LogP contribution in [0, 0.1) is 11.8 Å². The Hall–Kier alpha value is -3.31. The van der Waals surface area contributed by atoms with Crippen LogP contribution >= 0.6 is 0 Å². The summed E-state index contributed by atoms with van der Waals surface area (Å²) in [4.78, 5) is 10.6. The van der Waals surface area contributed by atoms with E-state index in [1.807, 2.05) is 0 Å². The van der Waals surface area contributed by atoms with Crippen molar-refractivity contribution in [2.75, 3.05) is 13.3 Å². The summed E-state index contributed by atoms with van der Waals surface area (Å²) in [6.45, 7) is 0.212. The molecule has 0 spiro atoms. The van der Waals surface area contributed by atoms with E-state index >= 15 is 0 Å². The molecular weight excluding hydrogens is 316 g/mol. The Bertz CT molecular complexity index is 804. The standard InChI is InChI=1S/C16H14N2O6/c17-16(19)18(20)8-2-1-3-11-5-7-15(23-11)24-12-4-6-13-14(9-12)22-10-21-13/h4-7,9,20H,2,8,10H2,(H2,17,19). The summed E-state index contributed by atoms with van der Waals surface area (Å²) in [6, 6.07) is 7.56. The minimum Gasteiger partial charge on any atom is -0.454 e. The van der Waals surface area contributed by atoms with Crippen LogP contribution in [0.4, 0.5) is 4.79 Å². The molecule has 1 aromatic carbocycles. The number of hydrogen-bond acceptors (Lipinski definition) is 6. The Balaban J connectivity index is 1.57. The van der Waals surface area contributed by atoms with Gasteiger partial charge >= 0.3 is 6.03 Å². The molecule has 0 saturated carbocycles. The largest absolute Gasteiger partial charge is 0.454 e. The lowest BCUT2D eigenvalue weighted by Gasteiger charge is -2.08. The van der Waals surface area contributed by atoms with Gasteiger partial charge in [-0.1, -0.05) is 5.92 Å². The number of hydrogen-bond donors (Lipinski definition) is 2. The number of benzene rings is 1. The first-order chi connectivity index (χ1) is 11.6. The molecule has 0 saturated heterocycles. The van der Waals surface area contributed by atoms with Crippen LogP contribution in [0.1, 0.15) is 12.2 Å². The predicted molar refractivity (Wildman–Crippen MR) is 80.9 cm³/mol. The number of urea groups is 1. The number of amides is 2. The fraction of sp³-hybridized carbons (Fsp3) is 0.188. The molecule has 1 aromatic heterocycles. The van der Waals surface area contributed by atoms with Crippen molar-refractivity contribution in [3.05, 3.63) is 36.1 Å². The molecule has 124 valence electrons. The van der Waals surface area contributed by atoms with Crippen molar-refractivity contribution in [1.29, 1.82) is 0 Å². The van der Waals surface area contributed by atoms with Gasteiger partial charge < -0.3 is 24.4 Å². The van der Waals surface area contributed by atoms with Crippen molar-refractivity contribution < 1.29 is 28.6 Å². The summed E-state index contributed by atoms with van der Waals surface area (Å²) in [7, 11) is 0. The van der Waals surface area contributed by atoms with E-state index in [0.29, 0.717) is 28.1 Å². The van der Waals surface area contributed by atoms with Crippen LogP contribution in [0.25, 0.3) is 0 Å². The molecule has 0 radical (unpaired) electrons. The lowest BCUT2D eigenvalue weighted by atomic mass is 10.3.